The zero-order valence-electron chi connectivity index (χ0n) is 23.0. The number of halogens is 1. The summed E-state index contributed by atoms with van der Waals surface area (Å²) in [5.74, 6) is -0.135. The first kappa shape index (κ1) is 27.2. The minimum atomic E-state index is -0.520. The van der Waals surface area contributed by atoms with Gasteiger partial charge in [-0.3, -0.25) is 14.5 Å². The molecule has 3 heterocycles. The quantitative estimate of drug-likeness (QED) is 0.325. The van der Waals surface area contributed by atoms with Crippen LogP contribution in [0, 0.1) is 19.7 Å². The van der Waals surface area contributed by atoms with Crippen molar-refractivity contribution in [2.45, 2.75) is 19.1 Å². The Balaban J connectivity index is 1.61. The van der Waals surface area contributed by atoms with Gasteiger partial charge in [-0.25, -0.2) is 9.07 Å². The predicted molar refractivity (Wildman–Crippen MR) is 159 cm³/mol. The fourth-order valence-corrected chi connectivity index (χ4v) is 6.74. The number of carbonyl (C=O) groups excluding carboxylic acids is 2. The molecule has 1 aromatic heterocycles. The van der Waals surface area contributed by atoms with Crippen molar-refractivity contribution in [3.05, 3.63) is 101 Å². The number of amides is 2. The van der Waals surface area contributed by atoms with Gasteiger partial charge in [-0.2, -0.15) is 5.10 Å². The Bertz CT molecular complexity index is 1600. The van der Waals surface area contributed by atoms with Gasteiger partial charge in [-0.05, 0) is 31.5 Å². The first-order chi connectivity index (χ1) is 19.9. The summed E-state index contributed by atoms with van der Waals surface area (Å²) < 4.78 is 22.6. The largest absolute Gasteiger partial charge is 0.378 e. The number of hydrogen-bond acceptors (Lipinski definition) is 5. The molecule has 3 aromatic carbocycles. The third kappa shape index (κ3) is 5.27. The van der Waals surface area contributed by atoms with E-state index < -0.39 is 5.25 Å². The summed E-state index contributed by atoms with van der Waals surface area (Å²) in [4.78, 5) is 30.7. The Morgan fingerprint density at radius 3 is 2.49 bits per heavy atom. The van der Waals surface area contributed by atoms with Crippen LogP contribution in [0.5, 0.6) is 0 Å². The molecule has 2 amide bonds. The number of ether oxygens (including phenoxy) is 1. The number of thioether (sulfide) groups is 1. The van der Waals surface area contributed by atoms with E-state index in [0.29, 0.717) is 48.9 Å². The lowest BCUT2D eigenvalue weighted by atomic mass is 9.99. The fraction of sp³-hybridized carbons (Fsp3) is 0.281. The topological polar surface area (TPSA) is 67.7 Å². The van der Waals surface area contributed by atoms with Gasteiger partial charge in [0.2, 0.25) is 11.8 Å². The summed E-state index contributed by atoms with van der Waals surface area (Å²) in [5, 5.41) is 4.60. The lowest BCUT2D eigenvalue weighted by Crippen LogP contribution is -2.48. The summed E-state index contributed by atoms with van der Waals surface area (Å²) in [5.41, 5.74) is 5.56. The Labute approximate surface area is 242 Å². The molecule has 0 spiro atoms. The van der Waals surface area contributed by atoms with Crippen LogP contribution in [-0.4, -0.2) is 65.1 Å². The molecule has 9 heteroatoms. The molecule has 0 unspecified atom stereocenters. The normalized spacial score (nSPS) is 17.3. The number of carbonyl (C=O) groups is 2. The van der Waals surface area contributed by atoms with E-state index in [2.05, 4.69) is 6.07 Å². The highest BCUT2D eigenvalue weighted by atomic mass is 32.2. The van der Waals surface area contributed by atoms with Gasteiger partial charge < -0.3 is 9.64 Å². The number of anilines is 1. The molecule has 41 heavy (non-hydrogen) atoms. The molecular weight excluding hydrogens is 539 g/mol. The van der Waals surface area contributed by atoms with Crippen LogP contribution in [-0.2, 0) is 14.3 Å². The summed E-state index contributed by atoms with van der Waals surface area (Å²) in [6, 6.07) is 22.5. The molecule has 7 nitrogen and oxygen atoms in total. The van der Waals surface area contributed by atoms with Crippen molar-refractivity contribution in [2.24, 2.45) is 0 Å². The molecule has 0 saturated carbocycles. The lowest BCUT2D eigenvalue weighted by Gasteiger charge is -2.30. The number of morpholine rings is 1. The van der Waals surface area contributed by atoms with E-state index in [9.17, 15) is 9.59 Å². The average molecular weight is 571 g/mol. The van der Waals surface area contributed by atoms with Crippen molar-refractivity contribution in [1.82, 2.24) is 14.7 Å². The zero-order chi connectivity index (χ0) is 28.5. The number of fused-ring (bicyclic) bond motifs is 1. The molecule has 1 saturated heterocycles. The van der Waals surface area contributed by atoms with E-state index in [4.69, 9.17) is 9.84 Å². The maximum Gasteiger partial charge on any atom is 0.242 e. The van der Waals surface area contributed by atoms with E-state index in [1.807, 2.05) is 62.4 Å². The molecule has 0 aliphatic carbocycles. The van der Waals surface area contributed by atoms with Crippen LogP contribution in [0.15, 0.2) is 72.8 Å². The molecule has 1 fully saturated rings. The highest BCUT2D eigenvalue weighted by molar-refractivity contribution is 8.00. The number of aryl methyl sites for hydroxylation is 2. The summed E-state index contributed by atoms with van der Waals surface area (Å²) >= 11 is 1.36. The van der Waals surface area contributed by atoms with Crippen molar-refractivity contribution in [1.29, 1.82) is 0 Å². The average Bonchev–Trinajstić information content (AvgIpc) is 3.30. The smallest absolute Gasteiger partial charge is 0.242 e. The van der Waals surface area contributed by atoms with Gasteiger partial charge in [0.05, 0.1) is 35.6 Å². The molecule has 4 aromatic rings. The molecule has 210 valence electrons. The highest BCUT2D eigenvalue weighted by Crippen LogP contribution is 2.49. The van der Waals surface area contributed by atoms with E-state index in [1.54, 1.807) is 26.6 Å². The Hall–Kier alpha value is -3.95. The van der Waals surface area contributed by atoms with Crippen molar-refractivity contribution in [2.75, 3.05) is 43.5 Å². The minimum Gasteiger partial charge on any atom is -0.378 e. The van der Waals surface area contributed by atoms with E-state index in [-0.39, 0.29) is 29.9 Å². The molecule has 0 N–H and O–H groups in total. The van der Waals surface area contributed by atoms with Gasteiger partial charge in [-0.1, -0.05) is 66.2 Å². The van der Waals surface area contributed by atoms with E-state index in [1.165, 1.54) is 17.8 Å². The standard InChI is InChI=1S/C32H31FN4O3S/c1-21-12-13-26(22(2)18-21)37-32-29(30(34-37)23-8-4-3-5-9-23)31(24-10-6-7-11-25(24)33)41-20-28(39)36(32)19-27(38)35-14-16-40-17-15-35/h3-13,18,31H,14-17,19-20H2,1-2H3/t31-/m1/s1. The molecule has 1 atom stereocenters. The summed E-state index contributed by atoms with van der Waals surface area (Å²) in [7, 11) is 0. The second-order valence-electron chi connectivity index (χ2n) is 10.3. The number of aromatic nitrogens is 2. The predicted octanol–water partition coefficient (Wildman–Crippen LogP) is 5.32. The molecule has 2 aliphatic heterocycles. The number of rotatable bonds is 5. The van der Waals surface area contributed by atoms with Crippen molar-refractivity contribution < 1.29 is 18.7 Å². The Morgan fingerprint density at radius 2 is 1.76 bits per heavy atom. The Kier molecular flexibility index (Phi) is 7.64. The van der Waals surface area contributed by atoms with Crippen LogP contribution in [0.25, 0.3) is 16.9 Å². The highest BCUT2D eigenvalue weighted by Gasteiger charge is 2.39. The molecule has 6 rings (SSSR count). The number of benzene rings is 3. The molecular formula is C32H31FN4O3S. The van der Waals surface area contributed by atoms with Gasteiger partial charge in [-0.15, -0.1) is 11.8 Å². The summed E-state index contributed by atoms with van der Waals surface area (Å²) in [6.45, 7) is 5.78. The van der Waals surface area contributed by atoms with Gasteiger partial charge in [0.1, 0.15) is 18.2 Å². The van der Waals surface area contributed by atoms with Crippen LogP contribution >= 0.6 is 11.8 Å². The fourth-order valence-electron chi connectivity index (χ4n) is 5.52. The van der Waals surface area contributed by atoms with Crippen LogP contribution in [0.2, 0.25) is 0 Å². The van der Waals surface area contributed by atoms with Crippen LogP contribution in [0.3, 0.4) is 0 Å². The second-order valence-corrected chi connectivity index (χ2v) is 11.4. The van der Waals surface area contributed by atoms with Gasteiger partial charge >= 0.3 is 0 Å². The monoisotopic (exact) mass is 570 g/mol. The molecule has 0 bridgehead atoms. The second kappa shape index (κ2) is 11.5. The van der Waals surface area contributed by atoms with Crippen molar-refractivity contribution in [3.63, 3.8) is 0 Å². The SMILES string of the molecule is Cc1ccc(-n2nc(-c3ccccc3)c3c2N(CC(=O)N2CCOCC2)C(=O)CS[C@@H]3c2ccccc2F)c(C)c1. The van der Waals surface area contributed by atoms with Crippen LogP contribution in [0.4, 0.5) is 10.2 Å². The van der Waals surface area contributed by atoms with Crippen molar-refractivity contribution >= 4 is 29.4 Å². The van der Waals surface area contributed by atoms with Crippen LogP contribution in [0.1, 0.15) is 27.5 Å². The lowest BCUT2D eigenvalue weighted by molar-refractivity contribution is -0.134. The van der Waals surface area contributed by atoms with Gasteiger partial charge in [0.15, 0.2) is 0 Å². The van der Waals surface area contributed by atoms with E-state index in [0.717, 1.165) is 22.4 Å². The van der Waals surface area contributed by atoms with Crippen LogP contribution < -0.4 is 4.90 Å². The first-order valence-corrected chi connectivity index (χ1v) is 14.7. The minimum absolute atomic E-state index is 0.0885. The van der Waals surface area contributed by atoms with Crippen molar-refractivity contribution in [3.8, 4) is 16.9 Å². The maximum absolute atomic E-state index is 15.4. The van der Waals surface area contributed by atoms with Gasteiger partial charge in [0, 0.05) is 29.8 Å². The molecule has 2 aliphatic rings. The summed E-state index contributed by atoms with van der Waals surface area (Å²) in [6.07, 6.45) is 0. The maximum atomic E-state index is 15.4. The first-order valence-electron chi connectivity index (χ1n) is 13.7. The number of nitrogens with zero attached hydrogens (tertiary/aromatic N) is 4. The zero-order valence-corrected chi connectivity index (χ0v) is 23.9. The third-order valence-electron chi connectivity index (χ3n) is 7.56. The molecule has 0 radical (unpaired) electrons. The third-order valence-corrected chi connectivity index (χ3v) is 8.80. The Morgan fingerprint density at radius 1 is 1.02 bits per heavy atom. The van der Waals surface area contributed by atoms with E-state index >= 15 is 4.39 Å². The van der Waals surface area contributed by atoms with Gasteiger partial charge in [0.25, 0.3) is 0 Å². The number of hydrogen-bond donors (Lipinski definition) is 0.